The van der Waals surface area contributed by atoms with Gasteiger partial charge < -0.3 is 9.47 Å². The van der Waals surface area contributed by atoms with Gasteiger partial charge in [0, 0.05) is 55.8 Å². The van der Waals surface area contributed by atoms with Crippen molar-refractivity contribution < 1.29 is 4.79 Å². The van der Waals surface area contributed by atoms with E-state index in [1.165, 1.54) is 5.56 Å². The number of hydrogen-bond acceptors (Lipinski definition) is 3. The van der Waals surface area contributed by atoms with Crippen molar-refractivity contribution >= 4 is 5.91 Å². The molecule has 0 radical (unpaired) electrons. The average Bonchev–Trinajstić information content (AvgIpc) is 3.08. The van der Waals surface area contributed by atoms with E-state index in [1.807, 2.05) is 66.6 Å². The lowest BCUT2D eigenvalue weighted by atomic mass is 10.1. The minimum atomic E-state index is 0.0214. The van der Waals surface area contributed by atoms with E-state index in [2.05, 4.69) is 33.6 Å². The lowest BCUT2D eigenvalue weighted by Gasteiger charge is -2.23. The quantitative estimate of drug-likeness (QED) is 0.440. The van der Waals surface area contributed by atoms with Crippen molar-refractivity contribution in [2.45, 2.75) is 33.5 Å². The Kier molecular flexibility index (Phi) is 6.22. The largest absolute Gasteiger partial charge is 0.344 e. The van der Waals surface area contributed by atoms with Crippen LogP contribution in [0.1, 0.15) is 38.4 Å². The van der Waals surface area contributed by atoms with Crippen molar-refractivity contribution in [2.24, 2.45) is 0 Å². The zero-order valence-corrected chi connectivity index (χ0v) is 17.9. The maximum Gasteiger partial charge on any atom is 0.256 e. The van der Waals surface area contributed by atoms with Gasteiger partial charge in [-0.2, -0.15) is 0 Å². The second-order valence-electron chi connectivity index (χ2n) is 7.73. The van der Waals surface area contributed by atoms with Gasteiger partial charge in [-0.1, -0.05) is 36.4 Å². The highest BCUT2D eigenvalue weighted by molar-refractivity contribution is 5.95. The van der Waals surface area contributed by atoms with Crippen molar-refractivity contribution in [3.8, 4) is 0 Å². The normalized spacial score (nSPS) is 10.8. The Morgan fingerprint density at radius 2 is 1.55 bits per heavy atom. The molecule has 0 aliphatic heterocycles. The summed E-state index contributed by atoms with van der Waals surface area (Å²) in [5.74, 6) is 0.0214. The Hall–Kier alpha value is -3.73. The maximum absolute atomic E-state index is 13.7. The molecule has 156 valence electrons. The van der Waals surface area contributed by atoms with Crippen LogP contribution in [0.2, 0.25) is 0 Å². The lowest BCUT2D eigenvalue weighted by molar-refractivity contribution is 0.0729. The smallest absolute Gasteiger partial charge is 0.256 e. The summed E-state index contributed by atoms with van der Waals surface area (Å²) in [6, 6.07) is 20.1. The SMILES string of the molecule is Cc1cc(C(=O)N(Cc2ccncc2)Cc2cccnc2)c(C)n1Cc1ccccc1. The first-order chi connectivity index (χ1) is 15.1. The molecule has 0 saturated carbocycles. The number of hydrogen-bond donors (Lipinski definition) is 0. The summed E-state index contributed by atoms with van der Waals surface area (Å²) in [4.78, 5) is 23.8. The number of rotatable bonds is 7. The van der Waals surface area contributed by atoms with Crippen molar-refractivity contribution in [1.82, 2.24) is 19.4 Å². The zero-order valence-electron chi connectivity index (χ0n) is 17.9. The molecule has 0 N–H and O–H groups in total. The molecule has 0 bridgehead atoms. The molecular weight excluding hydrogens is 384 g/mol. The summed E-state index contributed by atoms with van der Waals surface area (Å²) in [6.45, 7) is 5.84. The molecule has 0 unspecified atom stereocenters. The summed E-state index contributed by atoms with van der Waals surface area (Å²) in [5, 5.41) is 0. The van der Waals surface area contributed by atoms with E-state index in [0.29, 0.717) is 13.1 Å². The molecule has 0 saturated heterocycles. The molecule has 3 heterocycles. The summed E-state index contributed by atoms with van der Waals surface area (Å²) < 4.78 is 2.21. The van der Waals surface area contributed by atoms with Crippen LogP contribution < -0.4 is 0 Å². The van der Waals surface area contributed by atoms with Crippen LogP contribution in [-0.4, -0.2) is 25.3 Å². The number of aryl methyl sites for hydroxylation is 1. The van der Waals surface area contributed by atoms with E-state index >= 15 is 0 Å². The summed E-state index contributed by atoms with van der Waals surface area (Å²) in [6.07, 6.45) is 7.07. The number of benzene rings is 1. The zero-order chi connectivity index (χ0) is 21.6. The molecule has 31 heavy (non-hydrogen) atoms. The van der Waals surface area contributed by atoms with Gasteiger partial charge in [0.15, 0.2) is 0 Å². The molecule has 0 aliphatic rings. The Balaban J connectivity index is 1.63. The fourth-order valence-corrected chi connectivity index (χ4v) is 3.82. The van der Waals surface area contributed by atoms with Crippen LogP contribution in [0.15, 0.2) is 85.5 Å². The van der Waals surface area contributed by atoms with Gasteiger partial charge in [-0.05, 0) is 54.8 Å². The third-order valence-electron chi connectivity index (χ3n) is 5.49. The molecule has 5 heteroatoms. The Labute approximate surface area is 183 Å². The second kappa shape index (κ2) is 9.39. The molecule has 5 nitrogen and oxygen atoms in total. The first-order valence-corrected chi connectivity index (χ1v) is 10.4. The molecule has 0 aliphatic carbocycles. The van der Waals surface area contributed by atoms with Crippen molar-refractivity contribution in [3.63, 3.8) is 0 Å². The second-order valence-corrected chi connectivity index (χ2v) is 7.73. The average molecular weight is 411 g/mol. The van der Waals surface area contributed by atoms with Gasteiger partial charge in [0.1, 0.15) is 0 Å². The van der Waals surface area contributed by atoms with Crippen molar-refractivity contribution in [2.75, 3.05) is 0 Å². The third-order valence-corrected chi connectivity index (χ3v) is 5.49. The molecule has 1 amide bonds. The van der Waals surface area contributed by atoms with E-state index in [9.17, 15) is 4.79 Å². The topological polar surface area (TPSA) is 51.0 Å². The molecule has 4 rings (SSSR count). The number of carbonyl (C=O) groups excluding carboxylic acids is 1. The molecule has 0 atom stereocenters. The summed E-state index contributed by atoms with van der Waals surface area (Å²) >= 11 is 0. The predicted molar refractivity (Wildman–Crippen MR) is 122 cm³/mol. The van der Waals surface area contributed by atoms with E-state index in [-0.39, 0.29) is 5.91 Å². The molecular formula is C26H26N4O. The highest BCUT2D eigenvalue weighted by atomic mass is 16.2. The Bertz CT molecular complexity index is 1100. The molecule has 0 spiro atoms. The molecule has 4 aromatic rings. The van der Waals surface area contributed by atoms with Crippen LogP contribution in [-0.2, 0) is 19.6 Å². The predicted octanol–water partition coefficient (Wildman–Crippen LogP) is 4.79. The van der Waals surface area contributed by atoms with Crippen LogP contribution in [0.4, 0.5) is 0 Å². The van der Waals surface area contributed by atoms with Crippen LogP contribution >= 0.6 is 0 Å². The molecule has 0 fully saturated rings. The van der Waals surface area contributed by atoms with E-state index in [1.54, 1.807) is 18.6 Å². The van der Waals surface area contributed by atoms with Crippen LogP contribution in [0.25, 0.3) is 0 Å². The fourth-order valence-electron chi connectivity index (χ4n) is 3.82. The fraction of sp³-hybridized carbons (Fsp3) is 0.192. The number of nitrogens with zero attached hydrogens (tertiary/aromatic N) is 4. The van der Waals surface area contributed by atoms with E-state index < -0.39 is 0 Å². The third kappa shape index (κ3) is 4.89. The van der Waals surface area contributed by atoms with Gasteiger partial charge in [0.05, 0.1) is 5.56 Å². The summed E-state index contributed by atoms with van der Waals surface area (Å²) in [5.41, 5.74) is 6.07. The number of amides is 1. The summed E-state index contributed by atoms with van der Waals surface area (Å²) in [7, 11) is 0. The van der Waals surface area contributed by atoms with Gasteiger partial charge in [0.2, 0.25) is 0 Å². The highest BCUT2D eigenvalue weighted by Crippen LogP contribution is 2.21. The van der Waals surface area contributed by atoms with Crippen LogP contribution in [0.3, 0.4) is 0 Å². The van der Waals surface area contributed by atoms with Crippen molar-refractivity contribution in [1.29, 1.82) is 0 Å². The first kappa shape index (κ1) is 20.5. The standard InChI is InChI=1S/C26H26N4O/c1-20-15-25(21(2)30(20)19-22-7-4-3-5-8-22)26(31)29(17-23-10-13-27-14-11-23)18-24-9-6-12-28-16-24/h3-16H,17-19H2,1-2H3. The lowest BCUT2D eigenvalue weighted by Crippen LogP contribution is -2.30. The van der Waals surface area contributed by atoms with Gasteiger partial charge in [0.25, 0.3) is 5.91 Å². The minimum Gasteiger partial charge on any atom is -0.344 e. The molecule has 1 aromatic carbocycles. The highest BCUT2D eigenvalue weighted by Gasteiger charge is 2.22. The van der Waals surface area contributed by atoms with E-state index in [4.69, 9.17) is 0 Å². The van der Waals surface area contributed by atoms with Crippen molar-refractivity contribution in [3.05, 3.63) is 119 Å². The maximum atomic E-state index is 13.7. The Morgan fingerprint density at radius 1 is 0.839 bits per heavy atom. The first-order valence-electron chi connectivity index (χ1n) is 10.4. The van der Waals surface area contributed by atoms with Gasteiger partial charge in [-0.15, -0.1) is 0 Å². The number of aromatic nitrogens is 3. The van der Waals surface area contributed by atoms with Gasteiger partial charge >= 0.3 is 0 Å². The van der Waals surface area contributed by atoms with Gasteiger partial charge in [-0.25, -0.2) is 0 Å². The van der Waals surface area contributed by atoms with Crippen LogP contribution in [0, 0.1) is 13.8 Å². The van der Waals surface area contributed by atoms with Gasteiger partial charge in [-0.3, -0.25) is 14.8 Å². The number of pyridine rings is 2. The Morgan fingerprint density at radius 3 is 2.26 bits per heavy atom. The van der Waals surface area contributed by atoms with Crippen LogP contribution in [0.5, 0.6) is 0 Å². The number of carbonyl (C=O) groups is 1. The van der Waals surface area contributed by atoms with E-state index in [0.717, 1.165) is 34.6 Å². The monoisotopic (exact) mass is 410 g/mol. The minimum absolute atomic E-state index is 0.0214. The molecule has 3 aromatic heterocycles.